The number of halogens is 1. The number of rotatable bonds is 4. The van der Waals surface area contributed by atoms with Gasteiger partial charge in [-0.3, -0.25) is 5.84 Å². The summed E-state index contributed by atoms with van der Waals surface area (Å²) in [6.07, 6.45) is 0. The molecule has 21 heavy (non-hydrogen) atoms. The molecule has 2 aromatic carbocycles. The Bertz CT molecular complexity index is 739. The minimum absolute atomic E-state index is 0.338. The van der Waals surface area contributed by atoms with Crippen molar-refractivity contribution in [3.8, 4) is 5.75 Å². The normalized spacial score (nSPS) is 12.5. The van der Waals surface area contributed by atoms with Crippen LogP contribution in [0.15, 0.2) is 48.5 Å². The van der Waals surface area contributed by atoms with Crippen molar-refractivity contribution in [3.63, 3.8) is 0 Å². The van der Waals surface area contributed by atoms with Gasteiger partial charge in [-0.1, -0.05) is 24.3 Å². The molecule has 3 aromatic rings. The molecule has 108 valence electrons. The van der Waals surface area contributed by atoms with Gasteiger partial charge in [0.05, 0.1) is 13.2 Å². The van der Waals surface area contributed by atoms with Gasteiger partial charge in [-0.2, -0.15) is 0 Å². The van der Waals surface area contributed by atoms with Crippen molar-refractivity contribution in [2.45, 2.75) is 6.04 Å². The van der Waals surface area contributed by atoms with Crippen LogP contribution in [0, 0.1) is 5.82 Å². The smallest absolute Gasteiger partial charge is 0.132 e. The molecule has 0 saturated carbocycles. The molecule has 3 N–H and O–H groups in total. The van der Waals surface area contributed by atoms with E-state index in [1.165, 1.54) is 13.2 Å². The number of hydrogen-bond acceptors (Lipinski definition) is 4. The number of methoxy groups -OCH3 is 1. The van der Waals surface area contributed by atoms with Crippen molar-refractivity contribution < 1.29 is 9.13 Å². The number of benzene rings is 2. The first-order chi connectivity index (χ1) is 10.2. The lowest BCUT2D eigenvalue weighted by Gasteiger charge is -2.16. The van der Waals surface area contributed by atoms with Gasteiger partial charge < -0.3 is 4.74 Å². The minimum Gasteiger partial charge on any atom is -0.497 e. The molecule has 0 radical (unpaired) electrons. The molecule has 1 aromatic heterocycles. The van der Waals surface area contributed by atoms with Crippen LogP contribution in [0.1, 0.15) is 16.5 Å². The second kappa shape index (κ2) is 5.81. The molecule has 5 heteroatoms. The quantitative estimate of drug-likeness (QED) is 0.572. The SMILES string of the molecule is COc1ccc(C(NN)c2cc3ccccc3s2)c(F)c1. The van der Waals surface area contributed by atoms with Crippen LogP contribution in [0.3, 0.4) is 0 Å². The van der Waals surface area contributed by atoms with Gasteiger partial charge in [0.1, 0.15) is 11.6 Å². The molecule has 1 atom stereocenters. The fraction of sp³-hybridized carbons (Fsp3) is 0.125. The Morgan fingerprint density at radius 2 is 2.00 bits per heavy atom. The van der Waals surface area contributed by atoms with E-state index in [2.05, 4.69) is 5.43 Å². The van der Waals surface area contributed by atoms with Gasteiger partial charge in [0.15, 0.2) is 0 Å². The summed E-state index contributed by atoms with van der Waals surface area (Å²) in [4.78, 5) is 0.975. The molecule has 0 bridgehead atoms. The number of hydrogen-bond donors (Lipinski definition) is 2. The van der Waals surface area contributed by atoms with E-state index in [0.29, 0.717) is 11.3 Å². The summed E-state index contributed by atoms with van der Waals surface area (Å²) in [5, 5.41) is 1.13. The van der Waals surface area contributed by atoms with Gasteiger partial charge in [0.2, 0.25) is 0 Å². The van der Waals surface area contributed by atoms with Crippen molar-refractivity contribution >= 4 is 21.4 Å². The highest BCUT2D eigenvalue weighted by Gasteiger charge is 2.19. The number of nitrogens with two attached hydrogens (primary N) is 1. The largest absolute Gasteiger partial charge is 0.497 e. The van der Waals surface area contributed by atoms with E-state index in [9.17, 15) is 4.39 Å². The molecule has 1 heterocycles. The molecule has 0 aliphatic rings. The highest BCUT2D eigenvalue weighted by Crippen LogP contribution is 2.34. The van der Waals surface area contributed by atoms with E-state index in [1.807, 2.05) is 30.3 Å². The summed E-state index contributed by atoms with van der Waals surface area (Å²) in [5.41, 5.74) is 3.21. The predicted octanol–water partition coefficient (Wildman–Crippen LogP) is 3.60. The average molecular weight is 302 g/mol. The monoisotopic (exact) mass is 302 g/mol. The van der Waals surface area contributed by atoms with Crippen LogP contribution in [0.2, 0.25) is 0 Å². The molecule has 0 amide bonds. The summed E-state index contributed by atoms with van der Waals surface area (Å²) in [6.45, 7) is 0. The highest BCUT2D eigenvalue weighted by molar-refractivity contribution is 7.19. The summed E-state index contributed by atoms with van der Waals surface area (Å²) in [5.74, 6) is 5.81. The van der Waals surface area contributed by atoms with Gasteiger partial charge in [0, 0.05) is 21.2 Å². The second-order valence-electron chi connectivity index (χ2n) is 4.67. The van der Waals surface area contributed by atoms with Gasteiger partial charge in [-0.05, 0) is 23.6 Å². The van der Waals surface area contributed by atoms with Crippen LogP contribution < -0.4 is 16.0 Å². The van der Waals surface area contributed by atoms with Crippen LogP contribution in [-0.2, 0) is 0 Å². The first-order valence-electron chi connectivity index (χ1n) is 6.51. The van der Waals surface area contributed by atoms with E-state index in [-0.39, 0.29) is 11.9 Å². The summed E-state index contributed by atoms with van der Waals surface area (Å²) in [6, 6.07) is 14.5. The van der Waals surface area contributed by atoms with E-state index in [4.69, 9.17) is 10.6 Å². The fourth-order valence-corrected chi connectivity index (χ4v) is 3.48. The van der Waals surface area contributed by atoms with Crippen molar-refractivity contribution in [1.82, 2.24) is 5.43 Å². The molecule has 0 aliphatic carbocycles. The van der Waals surface area contributed by atoms with Crippen molar-refractivity contribution in [1.29, 1.82) is 0 Å². The third kappa shape index (κ3) is 2.63. The van der Waals surface area contributed by atoms with Crippen LogP contribution >= 0.6 is 11.3 Å². The van der Waals surface area contributed by atoms with E-state index < -0.39 is 0 Å². The molecule has 0 saturated heterocycles. The van der Waals surface area contributed by atoms with E-state index in [1.54, 1.807) is 23.5 Å². The third-order valence-electron chi connectivity index (χ3n) is 3.41. The zero-order valence-corrected chi connectivity index (χ0v) is 12.3. The van der Waals surface area contributed by atoms with Crippen LogP contribution in [0.4, 0.5) is 4.39 Å². The maximum atomic E-state index is 14.2. The lowest BCUT2D eigenvalue weighted by Crippen LogP contribution is -2.28. The van der Waals surface area contributed by atoms with Crippen LogP contribution in [-0.4, -0.2) is 7.11 Å². The van der Waals surface area contributed by atoms with Gasteiger partial charge in [-0.25, -0.2) is 9.82 Å². The lowest BCUT2D eigenvalue weighted by molar-refractivity contribution is 0.410. The van der Waals surface area contributed by atoms with Gasteiger partial charge in [0.25, 0.3) is 0 Å². The number of thiophene rings is 1. The molecule has 1 unspecified atom stereocenters. The van der Waals surface area contributed by atoms with Crippen molar-refractivity contribution in [2.75, 3.05) is 7.11 Å². The van der Waals surface area contributed by atoms with Crippen molar-refractivity contribution in [2.24, 2.45) is 5.84 Å². The molecule has 3 nitrogen and oxygen atoms in total. The maximum Gasteiger partial charge on any atom is 0.132 e. The number of nitrogens with one attached hydrogen (secondary N) is 1. The first-order valence-corrected chi connectivity index (χ1v) is 7.32. The topological polar surface area (TPSA) is 47.3 Å². The van der Waals surface area contributed by atoms with Crippen molar-refractivity contribution in [3.05, 3.63) is 64.8 Å². The highest BCUT2D eigenvalue weighted by atomic mass is 32.1. The van der Waals surface area contributed by atoms with Gasteiger partial charge >= 0.3 is 0 Å². The maximum absolute atomic E-state index is 14.2. The zero-order chi connectivity index (χ0) is 14.8. The molecular formula is C16H15FN2OS. The Kier molecular flexibility index (Phi) is 3.88. The number of ether oxygens (including phenoxy) is 1. The zero-order valence-electron chi connectivity index (χ0n) is 11.5. The standard InChI is InChI=1S/C16H15FN2OS/c1-20-11-6-7-12(13(17)9-11)16(19-18)15-8-10-4-2-3-5-14(10)21-15/h2-9,16,19H,18H2,1H3. The van der Waals surface area contributed by atoms with E-state index in [0.717, 1.165) is 15.0 Å². The molecule has 0 fully saturated rings. The summed E-state index contributed by atoms with van der Waals surface area (Å²) < 4.78 is 20.4. The Balaban J connectivity index is 2.05. The Morgan fingerprint density at radius 3 is 2.67 bits per heavy atom. The third-order valence-corrected chi connectivity index (χ3v) is 4.60. The molecular weight excluding hydrogens is 287 g/mol. The van der Waals surface area contributed by atoms with Crippen LogP contribution in [0.25, 0.3) is 10.1 Å². The second-order valence-corrected chi connectivity index (χ2v) is 5.79. The minimum atomic E-state index is -0.381. The Labute approximate surface area is 126 Å². The average Bonchev–Trinajstić information content (AvgIpc) is 2.93. The fourth-order valence-electron chi connectivity index (χ4n) is 2.34. The van der Waals surface area contributed by atoms with E-state index >= 15 is 0 Å². The Morgan fingerprint density at radius 1 is 1.19 bits per heavy atom. The summed E-state index contributed by atoms with van der Waals surface area (Å²) in [7, 11) is 1.51. The molecule has 0 spiro atoms. The number of hydrazine groups is 1. The number of fused-ring (bicyclic) bond motifs is 1. The molecule has 0 aliphatic heterocycles. The first kappa shape index (κ1) is 14.0. The Hall–Kier alpha value is -1.95. The lowest BCUT2D eigenvalue weighted by atomic mass is 10.0. The van der Waals surface area contributed by atoms with Gasteiger partial charge in [-0.15, -0.1) is 11.3 Å². The summed E-state index contributed by atoms with van der Waals surface area (Å²) >= 11 is 1.60. The van der Waals surface area contributed by atoms with Crippen LogP contribution in [0.5, 0.6) is 5.75 Å². The predicted molar refractivity (Wildman–Crippen MR) is 83.9 cm³/mol. The molecule has 3 rings (SSSR count).